The van der Waals surface area contributed by atoms with Gasteiger partial charge in [0.15, 0.2) is 0 Å². The molecule has 1 unspecified atom stereocenters. The van der Waals surface area contributed by atoms with Crippen molar-refractivity contribution in [3.8, 4) is 0 Å². The van der Waals surface area contributed by atoms with Gasteiger partial charge in [0, 0.05) is 34.4 Å². The number of nitrogens with one attached hydrogen (secondary N) is 1. The van der Waals surface area contributed by atoms with Crippen LogP contribution in [-0.4, -0.2) is 27.8 Å². The van der Waals surface area contributed by atoms with E-state index in [0.717, 1.165) is 18.3 Å². The maximum absolute atomic E-state index is 11.7. The number of hydrogen-bond donors (Lipinski definition) is 1. The second kappa shape index (κ2) is 4.56. The molecule has 2 nitrogen and oxygen atoms in total. The molecule has 2 aliphatic rings. The van der Waals surface area contributed by atoms with Crippen LogP contribution in [0.1, 0.15) is 38.5 Å². The van der Waals surface area contributed by atoms with E-state index >= 15 is 0 Å². The van der Waals surface area contributed by atoms with E-state index in [0.29, 0.717) is 5.25 Å². The van der Waals surface area contributed by atoms with Crippen LogP contribution in [0.3, 0.4) is 0 Å². The highest BCUT2D eigenvalue weighted by molar-refractivity contribution is 7.85. The second-order valence-electron chi connectivity index (χ2n) is 4.22. The molecule has 0 radical (unpaired) electrons. The molecule has 1 atom stereocenters. The quantitative estimate of drug-likeness (QED) is 0.729. The van der Waals surface area contributed by atoms with Crippen LogP contribution >= 0.6 is 0 Å². The highest BCUT2D eigenvalue weighted by Gasteiger charge is 2.23. The van der Waals surface area contributed by atoms with Gasteiger partial charge in [0.05, 0.1) is 0 Å². The number of hydrogen-bond acceptors (Lipinski definition) is 2. The van der Waals surface area contributed by atoms with Gasteiger partial charge in [0.1, 0.15) is 0 Å². The van der Waals surface area contributed by atoms with E-state index in [4.69, 9.17) is 0 Å². The lowest BCUT2D eigenvalue weighted by atomic mass is 10.4. The Morgan fingerprint density at radius 1 is 1.15 bits per heavy atom. The third-order valence-electron chi connectivity index (χ3n) is 2.99. The fraction of sp³-hybridized carbons (Fsp3) is 1.00. The molecule has 2 rings (SSSR count). The van der Waals surface area contributed by atoms with Gasteiger partial charge in [-0.25, -0.2) is 0 Å². The van der Waals surface area contributed by atoms with Gasteiger partial charge in [0.2, 0.25) is 0 Å². The Labute approximate surface area is 82.9 Å². The molecule has 0 spiro atoms. The lowest BCUT2D eigenvalue weighted by Crippen LogP contribution is -2.25. The predicted octanol–water partition coefficient (Wildman–Crippen LogP) is 1.43. The van der Waals surface area contributed by atoms with Crippen LogP contribution < -0.4 is 5.32 Å². The monoisotopic (exact) mass is 201 g/mol. The van der Waals surface area contributed by atoms with Gasteiger partial charge in [-0.05, 0) is 25.7 Å². The van der Waals surface area contributed by atoms with Crippen LogP contribution in [0.5, 0.6) is 0 Å². The molecule has 0 saturated heterocycles. The lowest BCUT2D eigenvalue weighted by molar-refractivity contribution is 0.659. The molecule has 0 aromatic rings. The summed E-state index contributed by atoms with van der Waals surface area (Å²) in [7, 11) is -0.546. The van der Waals surface area contributed by atoms with E-state index in [1.807, 2.05) is 0 Å². The summed E-state index contributed by atoms with van der Waals surface area (Å²) in [4.78, 5) is 0. The van der Waals surface area contributed by atoms with Gasteiger partial charge in [-0.1, -0.05) is 12.8 Å². The largest absolute Gasteiger partial charge is 0.313 e. The smallest absolute Gasteiger partial charge is 0.0362 e. The topological polar surface area (TPSA) is 29.1 Å². The second-order valence-corrected chi connectivity index (χ2v) is 6.06. The zero-order valence-electron chi connectivity index (χ0n) is 8.13. The summed E-state index contributed by atoms with van der Waals surface area (Å²) in [5, 5.41) is 3.95. The summed E-state index contributed by atoms with van der Waals surface area (Å²) in [5.41, 5.74) is 0. The molecule has 2 aliphatic carbocycles. The maximum Gasteiger partial charge on any atom is 0.0362 e. The first-order valence-corrected chi connectivity index (χ1v) is 6.85. The highest BCUT2D eigenvalue weighted by Crippen LogP contribution is 2.23. The molecule has 0 bridgehead atoms. The van der Waals surface area contributed by atoms with Crippen molar-refractivity contribution in [1.29, 1.82) is 0 Å². The molecule has 0 amide bonds. The molecule has 13 heavy (non-hydrogen) atoms. The first-order valence-electron chi connectivity index (χ1n) is 5.47. The molecule has 0 heterocycles. The third kappa shape index (κ3) is 3.06. The highest BCUT2D eigenvalue weighted by atomic mass is 32.2. The van der Waals surface area contributed by atoms with E-state index in [9.17, 15) is 4.21 Å². The van der Waals surface area contributed by atoms with Crippen molar-refractivity contribution < 1.29 is 4.21 Å². The van der Waals surface area contributed by atoms with Gasteiger partial charge < -0.3 is 5.32 Å². The van der Waals surface area contributed by atoms with E-state index in [1.165, 1.54) is 38.5 Å². The van der Waals surface area contributed by atoms with Crippen molar-refractivity contribution in [2.75, 3.05) is 12.3 Å². The molecule has 0 aromatic heterocycles. The molecule has 76 valence electrons. The molecule has 2 saturated carbocycles. The SMILES string of the molecule is O=S(CCNC1CC1)C1CCCC1. The van der Waals surface area contributed by atoms with Crippen molar-refractivity contribution >= 4 is 10.8 Å². The minimum atomic E-state index is -0.546. The van der Waals surface area contributed by atoms with Gasteiger partial charge in [-0.3, -0.25) is 4.21 Å². The summed E-state index contributed by atoms with van der Waals surface area (Å²) >= 11 is 0. The standard InChI is InChI=1S/C10H19NOS/c12-13(10-3-1-2-4-10)8-7-11-9-5-6-9/h9-11H,1-8H2. The van der Waals surface area contributed by atoms with Crippen LogP contribution in [0.4, 0.5) is 0 Å². The van der Waals surface area contributed by atoms with Crippen molar-refractivity contribution in [2.24, 2.45) is 0 Å². The van der Waals surface area contributed by atoms with Crippen LogP contribution in [0, 0.1) is 0 Å². The molecule has 2 fully saturated rings. The van der Waals surface area contributed by atoms with Crippen molar-refractivity contribution in [1.82, 2.24) is 5.32 Å². The Kier molecular flexibility index (Phi) is 3.39. The van der Waals surface area contributed by atoms with Crippen LogP contribution in [0.15, 0.2) is 0 Å². The summed E-state index contributed by atoms with van der Waals surface area (Å²) < 4.78 is 11.7. The average molecular weight is 201 g/mol. The Morgan fingerprint density at radius 2 is 1.85 bits per heavy atom. The molecule has 0 aromatic carbocycles. The van der Waals surface area contributed by atoms with Gasteiger partial charge >= 0.3 is 0 Å². The summed E-state index contributed by atoms with van der Waals surface area (Å²) in [6, 6.07) is 0.764. The van der Waals surface area contributed by atoms with Crippen LogP contribution in [-0.2, 0) is 10.8 Å². The molecular formula is C10H19NOS. The lowest BCUT2D eigenvalue weighted by Gasteiger charge is -2.08. The normalized spacial score (nSPS) is 26.5. The molecule has 1 N–H and O–H groups in total. The first-order chi connectivity index (χ1) is 6.36. The Morgan fingerprint density at radius 3 is 2.46 bits per heavy atom. The summed E-state index contributed by atoms with van der Waals surface area (Å²) in [5.74, 6) is 0.876. The van der Waals surface area contributed by atoms with E-state index in [2.05, 4.69) is 5.32 Å². The van der Waals surface area contributed by atoms with Crippen LogP contribution in [0.25, 0.3) is 0 Å². The predicted molar refractivity (Wildman–Crippen MR) is 56.3 cm³/mol. The Bertz CT molecular complexity index is 185. The fourth-order valence-electron chi connectivity index (χ4n) is 1.97. The van der Waals surface area contributed by atoms with E-state index in [-0.39, 0.29) is 0 Å². The van der Waals surface area contributed by atoms with Gasteiger partial charge in [0.25, 0.3) is 0 Å². The minimum Gasteiger partial charge on any atom is -0.313 e. The summed E-state index contributed by atoms with van der Waals surface area (Å²) in [6.45, 7) is 0.966. The minimum absolute atomic E-state index is 0.529. The zero-order chi connectivity index (χ0) is 9.10. The van der Waals surface area contributed by atoms with Crippen molar-refractivity contribution in [3.63, 3.8) is 0 Å². The Balaban J connectivity index is 1.59. The van der Waals surface area contributed by atoms with Gasteiger partial charge in [-0.15, -0.1) is 0 Å². The van der Waals surface area contributed by atoms with E-state index < -0.39 is 10.8 Å². The van der Waals surface area contributed by atoms with E-state index in [1.54, 1.807) is 0 Å². The summed E-state index contributed by atoms with van der Waals surface area (Å²) in [6.07, 6.45) is 7.66. The Hall–Kier alpha value is 0.110. The maximum atomic E-state index is 11.7. The zero-order valence-corrected chi connectivity index (χ0v) is 8.94. The molecular weight excluding hydrogens is 182 g/mol. The fourth-order valence-corrected chi connectivity index (χ4v) is 3.48. The van der Waals surface area contributed by atoms with Crippen molar-refractivity contribution in [3.05, 3.63) is 0 Å². The molecule has 0 aliphatic heterocycles. The van der Waals surface area contributed by atoms with Crippen molar-refractivity contribution in [2.45, 2.75) is 49.8 Å². The van der Waals surface area contributed by atoms with Crippen LogP contribution in [0.2, 0.25) is 0 Å². The average Bonchev–Trinajstić information content (AvgIpc) is 2.80. The first kappa shape index (κ1) is 9.66. The third-order valence-corrected chi connectivity index (χ3v) is 4.81. The van der Waals surface area contributed by atoms with Gasteiger partial charge in [-0.2, -0.15) is 0 Å². The number of rotatable bonds is 5. The molecule has 3 heteroatoms.